The van der Waals surface area contributed by atoms with E-state index in [9.17, 15) is 14.4 Å². The summed E-state index contributed by atoms with van der Waals surface area (Å²) in [6, 6.07) is 12.7. The number of aryl methyl sites for hydroxylation is 3. The number of hydrogen-bond donors (Lipinski definition) is 1. The first-order valence-corrected chi connectivity index (χ1v) is 9.99. The van der Waals surface area contributed by atoms with Crippen LogP contribution in [0.1, 0.15) is 50.4 Å². The number of benzene rings is 2. The number of carbonyl (C=O) groups is 3. The third kappa shape index (κ3) is 3.56. The summed E-state index contributed by atoms with van der Waals surface area (Å²) in [5, 5.41) is 3.89. The van der Waals surface area contributed by atoms with Gasteiger partial charge in [-0.25, -0.2) is 0 Å². The number of nitrogens with one attached hydrogen (secondary N) is 1. The van der Waals surface area contributed by atoms with Gasteiger partial charge in [0.15, 0.2) is 0 Å². The van der Waals surface area contributed by atoms with Crippen molar-refractivity contribution in [2.75, 3.05) is 11.9 Å². The summed E-state index contributed by atoms with van der Waals surface area (Å²) in [4.78, 5) is 43.2. The molecule has 0 radical (unpaired) electrons. The van der Waals surface area contributed by atoms with E-state index in [1.54, 1.807) is 24.3 Å². The van der Waals surface area contributed by atoms with Gasteiger partial charge in [0.1, 0.15) is 0 Å². The monoisotopic (exact) mass is 401 g/mol. The average molecular weight is 401 g/mol. The van der Waals surface area contributed by atoms with Gasteiger partial charge in [0.05, 0.1) is 22.3 Å². The normalized spacial score (nSPS) is 13.1. The largest absolute Gasteiger partial charge is 0.325 e. The van der Waals surface area contributed by atoms with Crippen LogP contribution >= 0.6 is 0 Å². The summed E-state index contributed by atoms with van der Waals surface area (Å²) in [7, 11) is 0. The number of nitrogens with zero attached hydrogens (tertiary/aromatic N) is 2. The molecule has 152 valence electrons. The number of hydrogen-bond acceptors (Lipinski definition) is 4. The molecule has 1 aliphatic heterocycles. The molecule has 0 atom stereocenters. The van der Waals surface area contributed by atoms with Crippen molar-refractivity contribution in [2.45, 2.75) is 33.6 Å². The van der Waals surface area contributed by atoms with Crippen molar-refractivity contribution in [3.8, 4) is 0 Å². The van der Waals surface area contributed by atoms with Crippen LogP contribution in [0.3, 0.4) is 0 Å². The van der Waals surface area contributed by atoms with Crippen LogP contribution in [0.25, 0.3) is 10.9 Å². The first-order chi connectivity index (χ1) is 14.3. The third-order valence-electron chi connectivity index (χ3n) is 5.31. The minimum Gasteiger partial charge on any atom is -0.325 e. The second-order valence-electron chi connectivity index (χ2n) is 7.75. The SMILES string of the molecule is Cc1cc(C)c2nc(C)cc(NC(=O)CCCN3C(=O)c4ccccc4C3=O)c2c1. The Balaban J connectivity index is 1.43. The van der Waals surface area contributed by atoms with Crippen LogP contribution in [-0.4, -0.2) is 34.2 Å². The number of anilines is 1. The Labute approximate surface area is 174 Å². The molecule has 0 spiro atoms. The van der Waals surface area contributed by atoms with E-state index in [1.165, 1.54) is 4.90 Å². The third-order valence-corrected chi connectivity index (χ3v) is 5.31. The molecule has 0 saturated heterocycles. The Morgan fingerprint density at radius 3 is 2.33 bits per heavy atom. The molecule has 4 rings (SSSR count). The van der Waals surface area contributed by atoms with Crippen LogP contribution < -0.4 is 5.32 Å². The molecule has 3 aromatic rings. The fraction of sp³-hybridized carbons (Fsp3) is 0.250. The van der Waals surface area contributed by atoms with Crippen LogP contribution in [-0.2, 0) is 4.79 Å². The number of rotatable bonds is 5. The van der Waals surface area contributed by atoms with Crippen molar-refractivity contribution < 1.29 is 14.4 Å². The molecule has 2 aromatic carbocycles. The fourth-order valence-electron chi connectivity index (χ4n) is 3.97. The lowest BCUT2D eigenvalue weighted by molar-refractivity contribution is -0.116. The lowest BCUT2D eigenvalue weighted by Gasteiger charge is -2.14. The fourth-order valence-corrected chi connectivity index (χ4v) is 3.97. The maximum Gasteiger partial charge on any atom is 0.261 e. The first-order valence-electron chi connectivity index (χ1n) is 9.99. The zero-order valence-electron chi connectivity index (χ0n) is 17.3. The van der Waals surface area contributed by atoms with Gasteiger partial charge in [0.2, 0.25) is 5.91 Å². The van der Waals surface area contributed by atoms with Crippen LogP contribution in [0.5, 0.6) is 0 Å². The van der Waals surface area contributed by atoms with Crippen molar-refractivity contribution in [3.63, 3.8) is 0 Å². The second kappa shape index (κ2) is 7.71. The van der Waals surface area contributed by atoms with Gasteiger partial charge in [-0.15, -0.1) is 0 Å². The highest BCUT2D eigenvalue weighted by atomic mass is 16.2. The molecule has 0 bridgehead atoms. The molecule has 2 heterocycles. The predicted octanol–water partition coefficient (Wildman–Crippen LogP) is 4.17. The number of imide groups is 1. The number of aromatic nitrogens is 1. The molecule has 1 aliphatic rings. The molecule has 3 amide bonds. The molecule has 0 unspecified atom stereocenters. The van der Waals surface area contributed by atoms with Crippen molar-refractivity contribution in [3.05, 3.63) is 70.4 Å². The van der Waals surface area contributed by atoms with Crippen molar-refractivity contribution in [1.82, 2.24) is 9.88 Å². The highest BCUT2D eigenvalue weighted by Gasteiger charge is 2.34. The lowest BCUT2D eigenvalue weighted by atomic mass is 10.0. The van der Waals surface area contributed by atoms with Gasteiger partial charge in [-0.05, 0) is 57.0 Å². The van der Waals surface area contributed by atoms with E-state index >= 15 is 0 Å². The van der Waals surface area contributed by atoms with Crippen molar-refractivity contribution in [2.24, 2.45) is 0 Å². The van der Waals surface area contributed by atoms with Gasteiger partial charge >= 0.3 is 0 Å². The van der Waals surface area contributed by atoms with Gasteiger partial charge in [-0.3, -0.25) is 24.3 Å². The summed E-state index contributed by atoms with van der Waals surface area (Å²) in [6.07, 6.45) is 0.610. The van der Waals surface area contributed by atoms with Gasteiger partial charge in [0, 0.05) is 24.0 Å². The average Bonchev–Trinajstić information content (AvgIpc) is 2.94. The first kappa shape index (κ1) is 19.8. The topological polar surface area (TPSA) is 79.4 Å². The van der Waals surface area contributed by atoms with E-state index in [1.807, 2.05) is 32.9 Å². The minimum atomic E-state index is -0.294. The summed E-state index contributed by atoms with van der Waals surface area (Å²) in [6.45, 7) is 6.14. The van der Waals surface area contributed by atoms with E-state index < -0.39 is 0 Å². The molecule has 1 aromatic heterocycles. The predicted molar refractivity (Wildman–Crippen MR) is 116 cm³/mol. The van der Waals surface area contributed by atoms with Gasteiger partial charge in [-0.1, -0.05) is 23.8 Å². The number of carbonyl (C=O) groups excluding carboxylic acids is 3. The molecule has 0 saturated carbocycles. The van der Waals surface area contributed by atoms with E-state index in [2.05, 4.69) is 16.4 Å². The molecule has 6 nitrogen and oxygen atoms in total. The van der Waals surface area contributed by atoms with Gasteiger partial charge in [0.25, 0.3) is 11.8 Å². The smallest absolute Gasteiger partial charge is 0.261 e. The van der Waals surface area contributed by atoms with Gasteiger partial charge < -0.3 is 5.32 Å². The van der Waals surface area contributed by atoms with E-state index in [0.29, 0.717) is 17.5 Å². The molecule has 6 heteroatoms. The van der Waals surface area contributed by atoms with E-state index in [0.717, 1.165) is 33.4 Å². The molecule has 1 N–H and O–H groups in total. The number of fused-ring (bicyclic) bond motifs is 2. The van der Waals surface area contributed by atoms with E-state index in [-0.39, 0.29) is 30.7 Å². The molecular weight excluding hydrogens is 378 g/mol. The highest BCUT2D eigenvalue weighted by Crippen LogP contribution is 2.27. The lowest BCUT2D eigenvalue weighted by Crippen LogP contribution is -2.31. The Kier molecular flexibility index (Phi) is 5.08. The van der Waals surface area contributed by atoms with Crippen molar-refractivity contribution >= 4 is 34.3 Å². The van der Waals surface area contributed by atoms with Gasteiger partial charge in [-0.2, -0.15) is 0 Å². The Hall–Kier alpha value is -3.54. The maximum atomic E-state index is 12.6. The molecule has 0 aliphatic carbocycles. The zero-order valence-corrected chi connectivity index (χ0v) is 17.3. The molecular formula is C24H23N3O3. The van der Waals surface area contributed by atoms with Crippen LogP contribution in [0.15, 0.2) is 42.5 Å². The number of amides is 3. The number of pyridine rings is 1. The summed E-state index contributed by atoms with van der Waals surface area (Å²) < 4.78 is 0. The van der Waals surface area contributed by atoms with Crippen LogP contribution in [0.4, 0.5) is 5.69 Å². The minimum absolute atomic E-state index is 0.155. The Morgan fingerprint density at radius 2 is 1.67 bits per heavy atom. The maximum absolute atomic E-state index is 12.6. The van der Waals surface area contributed by atoms with Crippen LogP contribution in [0.2, 0.25) is 0 Å². The summed E-state index contributed by atoms with van der Waals surface area (Å²) in [5.41, 5.74) is 5.46. The Morgan fingerprint density at radius 1 is 1.00 bits per heavy atom. The quantitative estimate of drug-likeness (QED) is 0.651. The standard InChI is InChI=1S/C24H23N3O3/c1-14-11-15(2)22-19(12-14)20(13-16(3)25-22)26-21(28)9-6-10-27-23(29)17-7-4-5-8-18(17)24(27)30/h4-5,7-8,11-13H,6,9-10H2,1-3H3,(H,25,26,28). The molecule has 0 fully saturated rings. The summed E-state index contributed by atoms with van der Waals surface area (Å²) in [5.74, 6) is -0.743. The van der Waals surface area contributed by atoms with Crippen LogP contribution in [0, 0.1) is 20.8 Å². The Bertz CT molecular complexity index is 1160. The zero-order chi connectivity index (χ0) is 21.4. The van der Waals surface area contributed by atoms with Crippen molar-refractivity contribution in [1.29, 1.82) is 0 Å². The second-order valence-corrected chi connectivity index (χ2v) is 7.75. The highest BCUT2D eigenvalue weighted by molar-refractivity contribution is 6.21. The molecule has 30 heavy (non-hydrogen) atoms. The van der Waals surface area contributed by atoms with E-state index in [4.69, 9.17) is 0 Å². The summed E-state index contributed by atoms with van der Waals surface area (Å²) >= 11 is 0.